The van der Waals surface area contributed by atoms with Crippen LogP contribution < -0.4 is 0 Å². The highest BCUT2D eigenvalue weighted by molar-refractivity contribution is 5.90. The Balaban J connectivity index is 1.92. The van der Waals surface area contributed by atoms with Crippen LogP contribution in [0.2, 0.25) is 0 Å². The quantitative estimate of drug-likeness (QED) is 0.871. The van der Waals surface area contributed by atoms with E-state index in [1.807, 2.05) is 11.9 Å². The van der Waals surface area contributed by atoms with Gasteiger partial charge in [0.2, 0.25) is 5.82 Å². The Labute approximate surface area is 102 Å². The number of hydrogen-bond acceptors (Lipinski definition) is 3. The third kappa shape index (κ3) is 2.65. The zero-order chi connectivity index (χ0) is 12.3. The van der Waals surface area contributed by atoms with Crippen LogP contribution in [0.4, 0.5) is 0 Å². The Kier molecular flexibility index (Phi) is 3.76. The van der Waals surface area contributed by atoms with Crippen molar-refractivity contribution in [3.8, 4) is 0 Å². The zero-order valence-corrected chi connectivity index (χ0v) is 10.5. The first-order valence-corrected chi connectivity index (χ1v) is 6.35. The number of nitrogens with one attached hydrogen (secondary N) is 1. The molecule has 5 nitrogen and oxygen atoms in total. The molecule has 5 heteroatoms. The number of carbonyl (C=O) groups excluding carboxylic acids is 1. The van der Waals surface area contributed by atoms with E-state index in [9.17, 15) is 4.79 Å². The molecule has 1 aliphatic rings. The number of hydrogen-bond donors (Lipinski definition) is 1. The fraction of sp³-hybridized carbons (Fsp3) is 0.750. The molecule has 0 bridgehead atoms. The van der Waals surface area contributed by atoms with Crippen molar-refractivity contribution in [3.63, 3.8) is 0 Å². The molecule has 0 spiro atoms. The first-order chi connectivity index (χ1) is 8.22. The number of amides is 1. The van der Waals surface area contributed by atoms with Gasteiger partial charge in [0.25, 0.3) is 5.91 Å². The number of carbonyl (C=O) groups is 1. The lowest BCUT2D eigenvalue weighted by Crippen LogP contribution is -2.39. The Hall–Kier alpha value is -1.39. The molecular formula is C12H20N4O. The molecule has 0 aromatic carbocycles. The van der Waals surface area contributed by atoms with E-state index in [2.05, 4.69) is 22.1 Å². The number of aromatic amines is 1. The van der Waals surface area contributed by atoms with Crippen molar-refractivity contribution in [2.45, 2.75) is 45.1 Å². The minimum Gasteiger partial charge on any atom is -0.336 e. The van der Waals surface area contributed by atoms with Gasteiger partial charge < -0.3 is 4.90 Å². The van der Waals surface area contributed by atoms with Crippen molar-refractivity contribution in [1.29, 1.82) is 0 Å². The summed E-state index contributed by atoms with van der Waals surface area (Å²) < 4.78 is 0. The molecule has 2 rings (SSSR count). The van der Waals surface area contributed by atoms with Crippen LogP contribution in [0, 0.1) is 5.92 Å². The van der Waals surface area contributed by atoms with Crippen LogP contribution in [0.5, 0.6) is 0 Å². The van der Waals surface area contributed by atoms with Crippen LogP contribution in [0.3, 0.4) is 0 Å². The number of aromatic nitrogens is 3. The predicted octanol–water partition coefficient (Wildman–Crippen LogP) is 1.85. The van der Waals surface area contributed by atoms with Crippen LogP contribution in [0.15, 0.2) is 6.33 Å². The Morgan fingerprint density at radius 2 is 2.18 bits per heavy atom. The molecule has 94 valence electrons. The lowest BCUT2D eigenvalue weighted by Gasteiger charge is -2.33. The first kappa shape index (κ1) is 12.1. The Bertz CT molecular complexity index is 355. The lowest BCUT2D eigenvalue weighted by atomic mass is 9.84. The Morgan fingerprint density at radius 3 is 2.71 bits per heavy atom. The average molecular weight is 236 g/mol. The van der Waals surface area contributed by atoms with Gasteiger partial charge in [0.1, 0.15) is 6.33 Å². The molecule has 1 aliphatic carbocycles. The molecular weight excluding hydrogens is 216 g/mol. The fourth-order valence-electron chi connectivity index (χ4n) is 2.58. The molecule has 1 fully saturated rings. The summed E-state index contributed by atoms with van der Waals surface area (Å²) in [5, 5.41) is 6.34. The van der Waals surface area contributed by atoms with Crippen molar-refractivity contribution in [2.75, 3.05) is 7.05 Å². The molecule has 0 saturated heterocycles. The maximum absolute atomic E-state index is 12.0. The molecule has 1 heterocycles. The largest absolute Gasteiger partial charge is 0.336 e. The zero-order valence-electron chi connectivity index (χ0n) is 10.5. The van der Waals surface area contributed by atoms with Crippen molar-refractivity contribution in [3.05, 3.63) is 12.2 Å². The molecule has 0 radical (unpaired) electrons. The highest BCUT2D eigenvalue weighted by Gasteiger charge is 2.27. The van der Waals surface area contributed by atoms with E-state index in [1.165, 1.54) is 25.6 Å². The molecule has 0 atom stereocenters. The van der Waals surface area contributed by atoms with Crippen LogP contribution in [-0.4, -0.2) is 39.1 Å². The number of nitrogens with zero attached hydrogens (tertiary/aromatic N) is 3. The summed E-state index contributed by atoms with van der Waals surface area (Å²) in [6, 6.07) is 0.357. The van der Waals surface area contributed by atoms with Crippen LogP contribution >= 0.6 is 0 Å². The Morgan fingerprint density at radius 1 is 1.47 bits per heavy atom. The molecule has 1 amide bonds. The third-order valence-electron chi connectivity index (χ3n) is 3.88. The van der Waals surface area contributed by atoms with E-state index in [0.29, 0.717) is 11.9 Å². The maximum Gasteiger partial charge on any atom is 0.291 e. The fourth-order valence-corrected chi connectivity index (χ4v) is 2.58. The summed E-state index contributed by atoms with van der Waals surface area (Å²) >= 11 is 0. The van der Waals surface area contributed by atoms with Crippen LogP contribution in [-0.2, 0) is 0 Å². The standard InChI is InChI=1S/C12H20N4O/c1-3-9-4-6-10(7-5-9)16(2)12(17)11-13-8-14-15-11/h8-10H,3-7H2,1-2H3,(H,13,14,15). The molecule has 1 aromatic heterocycles. The summed E-state index contributed by atoms with van der Waals surface area (Å²) in [4.78, 5) is 17.8. The summed E-state index contributed by atoms with van der Waals surface area (Å²) in [6.07, 6.45) is 7.30. The normalized spacial score (nSPS) is 24.6. The molecule has 1 saturated carbocycles. The molecule has 0 unspecified atom stereocenters. The summed E-state index contributed by atoms with van der Waals surface area (Å²) in [6.45, 7) is 2.24. The van der Waals surface area contributed by atoms with Crippen molar-refractivity contribution >= 4 is 5.91 Å². The second kappa shape index (κ2) is 5.29. The second-order valence-electron chi connectivity index (χ2n) is 4.83. The van der Waals surface area contributed by atoms with Gasteiger partial charge in [-0.25, -0.2) is 4.98 Å². The van der Waals surface area contributed by atoms with Gasteiger partial charge in [0.15, 0.2) is 0 Å². The number of H-pyrrole nitrogens is 1. The SMILES string of the molecule is CCC1CCC(N(C)C(=O)c2ncn[nH]2)CC1. The van der Waals surface area contributed by atoms with Gasteiger partial charge in [-0.3, -0.25) is 9.89 Å². The second-order valence-corrected chi connectivity index (χ2v) is 4.83. The van der Waals surface area contributed by atoms with Crippen molar-refractivity contribution in [2.24, 2.45) is 5.92 Å². The van der Waals surface area contributed by atoms with Gasteiger partial charge in [-0.05, 0) is 31.6 Å². The topological polar surface area (TPSA) is 61.9 Å². The monoisotopic (exact) mass is 236 g/mol. The summed E-state index contributed by atoms with van der Waals surface area (Å²) in [5.41, 5.74) is 0. The summed E-state index contributed by atoms with van der Waals surface area (Å²) in [5.74, 6) is 1.13. The lowest BCUT2D eigenvalue weighted by molar-refractivity contribution is 0.0663. The number of rotatable bonds is 3. The highest BCUT2D eigenvalue weighted by atomic mass is 16.2. The van der Waals surface area contributed by atoms with E-state index in [1.54, 1.807) is 0 Å². The van der Waals surface area contributed by atoms with E-state index in [-0.39, 0.29) is 5.91 Å². The summed E-state index contributed by atoms with van der Waals surface area (Å²) in [7, 11) is 1.86. The maximum atomic E-state index is 12.0. The highest BCUT2D eigenvalue weighted by Crippen LogP contribution is 2.29. The minimum absolute atomic E-state index is 0.0533. The van der Waals surface area contributed by atoms with Gasteiger partial charge >= 0.3 is 0 Å². The minimum atomic E-state index is -0.0533. The van der Waals surface area contributed by atoms with E-state index in [4.69, 9.17) is 0 Å². The van der Waals surface area contributed by atoms with Crippen molar-refractivity contribution < 1.29 is 4.79 Å². The van der Waals surface area contributed by atoms with Crippen LogP contribution in [0.25, 0.3) is 0 Å². The molecule has 1 N–H and O–H groups in total. The molecule has 1 aromatic rings. The van der Waals surface area contributed by atoms with Gasteiger partial charge in [-0.2, -0.15) is 5.10 Å². The molecule has 0 aliphatic heterocycles. The predicted molar refractivity (Wildman–Crippen MR) is 64.5 cm³/mol. The van der Waals surface area contributed by atoms with Gasteiger partial charge in [0.05, 0.1) is 0 Å². The average Bonchev–Trinajstić information content (AvgIpc) is 2.91. The van der Waals surface area contributed by atoms with Crippen molar-refractivity contribution in [1.82, 2.24) is 20.1 Å². The first-order valence-electron chi connectivity index (χ1n) is 6.35. The molecule has 17 heavy (non-hydrogen) atoms. The van der Waals surface area contributed by atoms with Crippen LogP contribution in [0.1, 0.15) is 49.6 Å². The smallest absolute Gasteiger partial charge is 0.291 e. The van der Waals surface area contributed by atoms with Gasteiger partial charge in [0, 0.05) is 13.1 Å². The van der Waals surface area contributed by atoms with Gasteiger partial charge in [-0.15, -0.1) is 0 Å². The van der Waals surface area contributed by atoms with E-state index < -0.39 is 0 Å². The van der Waals surface area contributed by atoms with E-state index >= 15 is 0 Å². The van der Waals surface area contributed by atoms with Gasteiger partial charge in [-0.1, -0.05) is 13.3 Å². The third-order valence-corrected chi connectivity index (χ3v) is 3.88. The van der Waals surface area contributed by atoms with E-state index in [0.717, 1.165) is 18.8 Å².